The average molecular weight is 285 g/mol. The average Bonchev–Trinajstić information content (AvgIpc) is 2.83. The predicted molar refractivity (Wildman–Crippen MR) is 84.5 cm³/mol. The van der Waals surface area contributed by atoms with E-state index in [4.69, 9.17) is 15.5 Å². The van der Waals surface area contributed by atoms with E-state index in [1.54, 1.807) is 0 Å². The minimum atomic E-state index is 0.253. The molecule has 1 aliphatic heterocycles. The smallest absolute Gasteiger partial charge is 0.119 e. The Hall–Kier alpha value is -1.81. The number of fused-ring (bicyclic) bond motifs is 1. The number of aryl methyl sites for hydroxylation is 1. The Morgan fingerprint density at radius 2 is 2.10 bits per heavy atom. The van der Waals surface area contributed by atoms with Gasteiger partial charge in [0.2, 0.25) is 0 Å². The first kappa shape index (κ1) is 14.1. The van der Waals surface area contributed by atoms with Gasteiger partial charge in [0.1, 0.15) is 11.6 Å². The molecule has 0 spiro atoms. The first-order valence-corrected chi connectivity index (χ1v) is 7.74. The van der Waals surface area contributed by atoms with Crippen molar-refractivity contribution in [3.63, 3.8) is 0 Å². The van der Waals surface area contributed by atoms with E-state index in [-0.39, 0.29) is 6.04 Å². The molecule has 3 rings (SSSR count). The lowest BCUT2D eigenvalue weighted by Gasteiger charge is -2.21. The molecule has 1 aromatic heterocycles. The van der Waals surface area contributed by atoms with Crippen molar-refractivity contribution in [3.8, 4) is 17.0 Å². The number of imidazole rings is 1. The van der Waals surface area contributed by atoms with E-state index in [1.807, 2.05) is 12.1 Å². The molecule has 0 bridgehead atoms. The molecule has 0 saturated heterocycles. The summed E-state index contributed by atoms with van der Waals surface area (Å²) in [4.78, 5) is 4.81. The lowest BCUT2D eigenvalue weighted by atomic mass is 10.1. The van der Waals surface area contributed by atoms with E-state index in [0.717, 1.165) is 55.2 Å². The van der Waals surface area contributed by atoms with Crippen LogP contribution in [0.15, 0.2) is 24.3 Å². The van der Waals surface area contributed by atoms with Gasteiger partial charge < -0.3 is 15.0 Å². The summed E-state index contributed by atoms with van der Waals surface area (Å²) in [6.07, 6.45) is 3.02. The molecule has 0 saturated carbocycles. The molecular formula is C17H23N3O. The summed E-state index contributed by atoms with van der Waals surface area (Å²) >= 11 is 0. The third-order valence-electron chi connectivity index (χ3n) is 4.06. The zero-order chi connectivity index (χ0) is 14.8. The number of benzene rings is 1. The molecule has 0 fully saturated rings. The lowest BCUT2D eigenvalue weighted by Crippen LogP contribution is -2.32. The van der Waals surface area contributed by atoms with Gasteiger partial charge in [0.15, 0.2) is 0 Å². The van der Waals surface area contributed by atoms with Crippen LogP contribution in [0.2, 0.25) is 0 Å². The van der Waals surface area contributed by atoms with E-state index >= 15 is 0 Å². The Morgan fingerprint density at radius 1 is 1.33 bits per heavy atom. The molecule has 2 aromatic rings. The van der Waals surface area contributed by atoms with Crippen molar-refractivity contribution in [1.29, 1.82) is 0 Å². The molecule has 0 amide bonds. The van der Waals surface area contributed by atoms with Crippen LogP contribution in [-0.2, 0) is 13.0 Å². The van der Waals surface area contributed by atoms with E-state index in [2.05, 4.69) is 30.5 Å². The molecule has 1 atom stereocenters. The van der Waals surface area contributed by atoms with Crippen molar-refractivity contribution in [2.75, 3.05) is 6.61 Å². The summed E-state index contributed by atoms with van der Waals surface area (Å²) in [7, 11) is 0. The van der Waals surface area contributed by atoms with Crippen molar-refractivity contribution in [1.82, 2.24) is 9.55 Å². The van der Waals surface area contributed by atoms with Crippen molar-refractivity contribution in [2.45, 2.75) is 45.7 Å². The fraction of sp³-hybridized carbons (Fsp3) is 0.471. The topological polar surface area (TPSA) is 53.1 Å². The van der Waals surface area contributed by atoms with Crippen LogP contribution in [0.5, 0.6) is 5.75 Å². The van der Waals surface area contributed by atoms with Crippen molar-refractivity contribution in [3.05, 3.63) is 35.8 Å². The Morgan fingerprint density at radius 3 is 2.81 bits per heavy atom. The fourth-order valence-electron chi connectivity index (χ4n) is 2.87. The zero-order valence-corrected chi connectivity index (χ0v) is 12.8. The third-order valence-corrected chi connectivity index (χ3v) is 4.06. The van der Waals surface area contributed by atoms with Crippen molar-refractivity contribution in [2.24, 2.45) is 5.73 Å². The predicted octanol–water partition coefficient (Wildman–Crippen LogP) is 2.92. The van der Waals surface area contributed by atoms with Crippen LogP contribution >= 0.6 is 0 Å². The maximum absolute atomic E-state index is 6.07. The number of hydrogen-bond donors (Lipinski definition) is 1. The number of nitrogens with zero attached hydrogens (tertiary/aromatic N) is 2. The quantitative estimate of drug-likeness (QED) is 0.939. The van der Waals surface area contributed by atoms with Gasteiger partial charge in [-0.25, -0.2) is 4.98 Å². The first-order chi connectivity index (χ1) is 10.2. The van der Waals surface area contributed by atoms with Gasteiger partial charge in [-0.15, -0.1) is 0 Å². The molecule has 0 aliphatic carbocycles. The van der Waals surface area contributed by atoms with E-state index in [0.29, 0.717) is 0 Å². The third kappa shape index (κ3) is 2.81. The van der Waals surface area contributed by atoms with Crippen LogP contribution in [-0.4, -0.2) is 22.2 Å². The number of hydrogen-bond acceptors (Lipinski definition) is 3. The largest absolute Gasteiger partial charge is 0.494 e. The Balaban J connectivity index is 1.87. The summed E-state index contributed by atoms with van der Waals surface area (Å²) < 4.78 is 7.90. The molecule has 1 aromatic carbocycles. The summed E-state index contributed by atoms with van der Waals surface area (Å²) in [5, 5.41) is 0. The fourth-order valence-corrected chi connectivity index (χ4v) is 2.87. The molecule has 2 heterocycles. The molecule has 21 heavy (non-hydrogen) atoms. The van der Waals surface area contributed by atoms with Gasteiger partial charge in [-0.3, -0.25) is 0 Å². The van der Waals surface area contributed by atoms with Gasteiger partial charge in [0, 0.05) is 30.3 Å². The van der Waals surface area contributed by atoms with Crippen molar-refractivity contribution < 1.29 is 4.74 Å². The highest BCUT2D eigenvalue weighted by Gasteiger charge is 2.21. The maximum Gasteiger partial charge on any atom is 0.119 e. The minimum absolute atomic E-state index is 0.253. The van der Waals surface area contributed by atoms with Crippen molar-refractivity contribution >= 4 is 0 Å². The molecule has 4 nitrogen and oxygen atoms in total. The van der Waals surface area contributed by atoms with Gasteiger partial charge >= 0.3 is 0 Å². The van der Waals surface area contributed by atoms with Crippen LogP contribution in [0.25, 0.3) is 11.3 Å². The Bertz CT molecular complexity index is 616. The van der Waals surface area contributed by atoms with Gasteiger partial charge in [-0.1, -0.05) is 6.92 Å². The highest BCUT2D eigenvalue weighted by Crippen LogP contribution is 2.28. The van der Waals surface area contributed by atoms with Crippen LogP contribution < -0.4 is 10.5 Å². The van der Waals surface area contributed by atoms with E-state index in [9.17, 15) is 0 Å². The highest BCUT2D eigenvalue weighted by atomic mass is 16.5. The second-order valence-corrected chi connectivity index (χ2v) is 5.74. The number of rotatable bonds is 4. The van der Waals surface area contributed by atoms with Crippen LogP contribution in [0, 0.1) is 6.92 Å². The van der Waals surface area contributed by atoms with Crippen LogP contribution in [0.4, 0.5) is 0 Å². The summed E-state index contributed by atoms with van der Waals surface area (Å²) in [5.74, 6) is 2.08. The van der Waals surface area contributed by atoms with E-state index in [1.165, 1.54) is 5.69 Å². The number of nitrogens with two attached hydrogens (primary N) is 1. The minimum Gasteiger partial charge on any atom is -0.494 e. The normalized spacial score (nSPS) is 17.6. The van der Waals surface area contributed by atoms with Gasteiger partial charge in [0.25, 0.3) is 0 Å². The second-order valence-electron chi connectivity index (χ2n) is 5.74. The molecule has 0 radical (unpaired) electrons. The molecule has 1 aliphatic rings. The van der Waals surface area contributed by atoms with Gasteiger partial charge in [0.05, 0.1) is 12.3 Å². The highest BCUT2D eigenvalue weighted by molar-refractivity contribution is 5.63. The van der Waals surface area contributed by atoms with Crippen LogP contribution in [0.1, 0.15) is 31.3 Å². The number of aromatic nitrogens is 2. The number of ether oxygens (including phenoxy) is 1. The molecule has 2 N–H and O–H groups in total. The molecule has 4 heteroatoms. The molecule has 1 unspecified atom stereocenters. The molecular weight excluding hydrogens is 262 g/mol. The summed E-state index contributed by atoms with van der Waals surface area (Å²) in [6, 6.07) is 8.48. The second kappa shape index (κ2) is 5.90. The van der Waals surface area contributed by atoms with Crippen LogP contribution in [0.3, 0.4) is 0 Å². The lowest BCUT2D eigenvalue weighted by molar-refractivity contribution is 0.317. The standard InChI is InChI=1S/C17H23N3O/c1-3-10-21-15-7-4-13(5-8-15)17-12(2)20-11-14(18)6-9-16(20)19-17/h4-5,7-8,14H,3,6,9-11,18H2,1-2H3. The Kier molecular flexibility index (Phi) is 3.97. The monoisotopic (exact) mass is 285 g/mol. The first-order valence-electron chi connectivity index (χ1n) is 7.74. The zero-order valence-electron chi connectivity index (χ0n) is 12.8. The Labute approximate surface area is 125 Å². The maximum atomic E-state index is 6.07. The summed E-state index contributed by atoms with van der Waals surface area (Å²) in [6.45, 7) is 5.88. The van der Waals surface area contributed by atoms with Gasteiger partial charge in [-0.2, -0.15) is 0 Å². The SMILES string of the molecule is CCCOc1ccc(-c2nc3n(c2C)CC(N)CC3)cc1. The summed E-state index contributed by atoms with van der Waals surface area (Å²) in [5.41, 5.74) is 9.49. The van der Waals surface area contributed by atoms with E-state index < -0.39 is 0 Å². The van der Waals surface area contributed by atoms with Gasteiger partial charge in [-0.05, 0) is 44.0 Å². The molecule has 112 valence electrons.